The van der Waals surface area contributed by atoms with E-state index in [4.69, 9.17) is 0 Å². The number of amides is 1. The minimum Gasteiger partial charge on any atom is -0.352 e. The Hall–Kier alpha value is -2.95. The SMILES string of the molecule is Cn1ccc2cc(CNC(=O)CCC(=O)c3cccc(F)c3)ccc21. The smallest absolute Gasteiger partial charge is 0.220 e. The van der Waals surface area contributed by atoms with Crippen LogP contribution in [0.25, 0.3) is 10.9 Å². The lowest BCUT2D eigenvalue weighted by Crippen LogP contribution is -2.23. The molecule has 0 aliphatic carbocycles. The van der Waals surface area contributed by atoms with Crippen molar-refractivity contribution in [1.29, 1.82) is 0 Å². The summed E-state index contributed by atoms with van der Waals surface area (Å²) in [6, 6.07) is 13.6. The van der Waals surface area contributed by atoms with Gasteiger partial charge in [-0.15, -0.1) is 0 Å². The first-order valence-electron chi connectivity index (χ1n) is 8.12. The first-order chi connectivity index (χ1) is 12.0. The molecule has 25 heavy (non-hydrogen) atoms. The van der Waals surface area contributed by atoms with Gasteiger partial charge in [0.2, 0.25) is 5.91 Å². The van der Waals surface area contributed by atoms with Crippen LogP contribution in [0.2, 0.25) is 0 Å². The third-order valence-corrected chi connectivity index (χ3v) is 4.17. The summed E-state index contributed by atoms with van der Waals surface area (Å²) in [7, 11) is 1.99. The average molecular weight is 338 g/mol. The van der Waals surface area contributed by atoms with E-state index in [-0.39, 0.29) is 24.5 Å². The van der Waals surface area contributed by atoms with E-state index in [0.717, 1.165) is 16.5 Å². The number of nitrogens with zero attached hydrogens (tertiary/aromatic N) is 1. The third kappa shape index (κ3) is 4.12. The Labute approximate surface area is 145 Å². The molecular formula is C20H19FN2O2. The van der Waals surface area contributed by atoms with Gasteiger partial charge >= 0.3 is 0 Å². The van der Waals surface area contributed by atoms with E-state index < -0.39 is 5.82 Å². The zero-order valence-electron chi connectivity index (χ0n) is 14.0. The van der Waals surface area contributed by atoms with Crippen molar-refractivity contribution in [2.75, 3.05) is 0 Å². The highest BCUT2D eigenvalue weighted by Crippen LogP contribution is 2.16. The number of aryl methyl sites for hydroxylation is 1. The molecule has 5 heteroatoms. The Bertz CT molecular complexity index is 930. The van der Waals surface area contributed by atoms with Crippen LogP contribution < -0.4 is 5.32 Å². The van der Waals surface area contributed by atoms with E-state index >= 15 is 0 Å². The number of halogens is 1. The van der Waals surface area contributed by atoms with Gasteiger partial charge in [0.1, 0.15) is 5.82 Å². The number of aromatic nitrogens is 1. The quantitative estimate of drug-likeness (QED) is 0.698. The second-order valence-corrected chi connectivity index (χ2v) is 6.03. The summed E-state index contributed by atoms with van der Waals surface area (Å²) >= 11 is 0. The van der Waals surface area contributed by atoms with E-state index in [2.05, 4.69) is 5.32 Å². The van der Waals surface area contributed by atoms with Gasteiger partial charge in [0.25, 0.3) is 0 Å². The lowest BCUT2D eigenvalue weighted by molar-refractivity contribution is -0.121. The van der Waals surface area contributed by atoms with Gasteiger partial charge in [-0.2, -0.15) is 0 Å². The summed E-state index contributed by atoms with van der Waals surface area (Å²) in [6.45, 7) is 0.415. The van der Waals surface area contributed by atoms with E-state index in [1.54, 1.807) is 6.07 Å². The monoisotopic (exact) mass is 338 g/mol. The normalized spacial score (nSPS) is 10.8. The lowest BCUT2D eigenvalue weighted by Gasteiger charge is -2.06. The molecule has 3 rings (SSSR count). The second kappa shape index (κ2) is 7.30. The molecule has 0 spiro atoms. The Morgan fingerprint density at radius 3 is 2.72 bits per heavy atom. The fourth-order valence-electron chi connectivity index (χ4n) is 2.76. The van der Waals surface area contributed by atoms with Crippen molar-refractivity contribution >= 4 is 22.6 Å². The van der Waals surface area contributed by atoms with Crippen molar-refractivity contribution in [3.05, 3.63) is 71.7 Å². The molecule has 0 saturated carbocycles. The van der Waals surface area contributed by atoms with Crippen LogP contribution in [0, 0.1) is 5.82 Å². The molecule has 0 bridgehead atoms. The largest absolute Gasteiger partial charge is 0.352 e. The molecule has 2 aromatic carbocycles. The van der Waals surface area contributed by atoms with Crippen LogP contribution in [0.4, 0.5) is 4.39 Å². The molecule has 0 atom stereocenters. The van der Waals surface area contributed by atoms with Crippen LogP contribution in [0.1, 0.15) is 28.8 Å². The van der Waals surface area contributed by atoms with E-state index in [1.807, 2.05) is 42.1 Å². The number of nitrogens with one attached hydrogen (secondary N) is 1. The summed E-state index contributed by atoms with van der Waals surface area (Å²) in [5.74, 6) is -0.884. The minimum atomic E-state index is -0.452. The number of Topliss-reactive ketones (excluding diaryl/α,β-unsaturated/α-hetero) is 1. The molecular weight excluding hydrogens is 319 g/mol. The van der Waals surface area contributed by atoms with Gasteiger partial charge in [0, 0.05) is 43.7 Å². The lowest BCUT2D eigenvalue weighted by atomic mass is 10.1. The molecule has 0 saturated heterocycles. The molecule has 3 aromatic rings. The molecule has 4 nitrogen and oxygen atoms in total. The van der Waals surface area contributed by atoms with Gasteiger partial charge < -0.3 is 9.88 Å². The summed E-state index contributed by atoms with van der Waals surface area (Å²) < 4.78 is 15.2. The zero-order valence-corrected chi connectivity index (χ0v) is 14.0. The summed E-state index contributed by atoms with van der Waals surface area (Å²) in [4.78, 5) is 23.9. The maximum Gasteiger partial charge on any atom is 0.220 e. The highest BCUT2D eigenvalue weighted by molar-refractivity contribution is 5.97. The molecule has 128 valence electrons. The first-order valence-corrected chi connectivity index (χ1v) is 8.12. The molecule has 0 aliphatic heterocycles. The number of benzene rings is 2. The number of carbonyl (C=O) groups excluding carboxylic acids is 2. The standard InChI is InChI=1S/C20H19FN2O2/c1-23-10-9-15-11-14(5-6-18(15)23)13-22-20(25)8-7-19(24)16-3-2-4-17(21)12-16/h2-6,9-12H,7-8,13H2,1H3,(H,22,25). The average Bonchev–Trinajstić information content (AvgIpc) is 2.98. The van der Waals surface area contributed by atoms with Crippen molar-refractivity contribution < 1.29 is 14.0 Å². The second-order valence-electron chi connectivity index (χ2n) is 6.03. The zero-order chi connectivity index (χ0) is 17.8. The number of fused-ring (bicyclic) bond motifs is 1. The predicted octanol–water partition coefficient (Wildman–Crippen LogP) is 3.60. The Balaban J connectivity index is 1.51. The molecule has 0 aliphatic rings. The topological polar surface area (TPSA) is 51.1 Å². The summed E-state index contributed by atoms with van der Waals surface area (Å²) in [5, 5.41) is 3.94. The van der Waals surface area contributed by atoms with E-state index in [9.17, 15) is 14.0 Å². The fourth-order valence-corrected chi connectivity index (χ4v) is 2.76. The highest BCUT2D eigenvalue weighted by Gasteiger charge is 2.10. The molecule has 1 amide bonds. The van der Waals surface area contributed by atoms with Crippen LogP contribution in [0.15, 0.2) is 54.7 Å². The number of hydrogen-bond acceptors (Lipinski definition) is 2. The van der Waals surface area contributed by atoms with Gasteiger partial charge in [0.15, 0.2) is 5.78 Å². The van der Waals surface area contributed by atoms with Crippen molar-refractivity contribution in [1.82, 2.24) is 9.88 Å². The number of ketones is 1. The fraction of sp³-hybridized carbons (Fsp3) is 0.200. The third-order valence-electron chi connectivity index (χ3n) is 4.17. The molecule has 0 unspecified atom stereocenters. The first kappa shape index (κ1) is 16.9. The number of rotatable bonds is 6. The Morgan fingerprint density at radius 1 is 1.08 bits per heavy atom. The number of hydrogen-bond donors (Lipinski definition) is 1. The maximum atomic E-state index is 13.1. The molecule has 1 heterocycles. The van der Waals surface area contributed by atoms with Crippen molar-refractivity contribution in [3.63, 3.8) is 0 Å². The Kier molecular flexibility index (Phi) is 4.93. The van der Waals surface area contributed by atoms with Crippen molar-refractivity contribution in [2.45, 2.75) is 19.4 Å². The van der Waals surface area contributed by atoms with Gasteiger partial charge in [-0.3, -0.25) is 9.59 Å². The molecule has 0 fully saturated rings. The van der Waals surface area contributed by atoms with Gasteiger partial charge in [0.05, 0.1) is 0 Å². The highest BCUT2D eigenvalue weighted by atomic mass is 19.1. The summed E-state index contributed by atoms with van der Waals surface area (Å²) in [5.41, 5.74) is 2.43. The van der Waals surface area contributed by atoms with E-state index in [1.165, 1.54) is 18.2 Å². The van der Waals surface area contributed by atoms with Crippen LogP contribution >= 0.6 is 0 Å². The van der Waals surface area contributed by atoms with E-state index in [0.29, 0.717) is 12.1 Å². The number of carbonyl (C=O) groups is 2. The molecule has 1 N–H and O–H groups in total. The van der Waals surface area contributed by atoms with Crippen LogP contribution in [0.3, 0.4) is 0 Å². The van der Waals surface area contributed by atoms with Gasteiger partial charge in [-0.05, 0) is 41.3 Å². The minimum absolute atomic E-state index is 0.0625. The van der Waals surface area contributed by atoms with Crippen LogP contribution in [-0.2, 0) is 18.4 Å². The van der Waals surface area contributed by atoms with Gasteiger partial charge in [-0.1, -0.05) is 18.2 Å². The maximum absolute atomic E-state index is 13.1. The molecule has 1 aromatic heterocycles. The van der Waals surface area contributed by atoms with Crippen LogP contribution in [0.5, 0.6) is 0 Å². The predicted molar refractivity (Wildman–Crippen MR) is 94.7 cm³/mol. The molecule has 0 radical (unpaired) electrons. The van der Waals surface area contributed by atoms with Crippen LogP contribution in [-0.4, -0.2) is 16.3 Å². The van der Waals surface area contributed by atoms with Crippen molar-refractivity contribution in [3.8, 4) is 0 Å². The van der Waals surface area contributed by atoms with Crippen molar-refractivity contribution in [2.24, 2.45) is 7.05 Å². The van der Waals surface area contributed by atoms with Gasteiger partial charge in [-0.25, -0.2) is 4.39 Å². The Morgan fingerprint density at radius 2 is 1.92 bits per heavy atom. The summed E-state index contributed by atoms with van der Waals surface area (Å²) in [6.07, 6.45) is 2.14.